The molecule has 3 aromatic rings. The minimum atomic E-state index is -5.12. The van der Waals surface area contributed by atoms with E-state index in [-0.39, 0.29) is 12.0 Å². The minimum Gasteiger partial charge on any atom is -0.378 e. The largest absolute Gasteiger partial charge is 0.416 e. The van der Waals surface area contributed by atoms with Crippen LogP contribution in [0.3, 0.4) is 0 Å². The highest BCUT2D eigenvalue weighted by Crippen LogP contribution is 2.37. The van der Waals surface area contributed by atoms with Gasteiger partial charge in [0.25, 0.3) is 0 Å². The number of rotatable bonds is 6. The van der Waals surface area contributed by atoms with E-state index in [9.17, 15) is 43.9 Å². The van der Waals surface area contributed by atoms with Crippen molar-refractivity contribution < 1.29 is 48.6 Å². The first-order valence-electron chi connectivity index (χ1n) is 11.6. The Kier molecular flexibility index (Phi) is 8.15. The molecular weight excluding hydrogens is 562 g/mol. The molecule has 1 aliphatic heterocycles. The fourth-order valence-electron chi connectivity index (χ4n) is 4.07. The molecule has 1 aliphatic rings. The fourth-order valence-corrected chi connectivity index (χ4v) is 4.07. The highest BCUT2D eigenvalue weighted by atomic mass is 19.4. The Labute approximate surface area is 221 Å². The van der Waals surface area contributed by atoms with Crippen LogP contribution in [-0.4, -0.2) is 36.3 Å². The quantitative estimate of drug-likeness (QED) is 0.302. The monoisotopic (exact) mass is 582 g/mol. The molecule has 0 unspecified atom stereocenters. The predicted molar refractivity (Wildman–Crippen MR) is 123 cm³/mol. The molecule has 40 heavy (non-hydrogen) atoms. The molecule has 0 bridgehead atoms. The number of alkyl halides is 9. The smallest absolute Gasteiger partial charge is 0.378 e. The van der Waals surface area contributed by atoms with Crippen LogP contribution in [-0.2, 0) is 36.4 Å². The van der Waals surface area contributed by atoms with Gasteiger partial charge in [-0.25, -0.2) is 14.4 Å². The van der Waals surface area contributed by atoms with Crippen LogP contribution < -0.4 is 9.80 Å². The first kappa shape index (κ1) is 29.4. The van der Waals surface area contributed by atoms with Crippen molar-refractivity contribution in [2.75, 3.05) is 36.1 Å². The van der Waals surface area contributed by atoms with Gasteiger partial charge in [0.2, 0.25) is 5.95 Å². The molecule has 0 atom stereocenters. The van der Waals surface area contributed by atoms with Gasteiger partial charge < -0.3 is 14.5 Å². The average molecular weight is 582 g/mol. The summed E-state index contributed by atoms with van der Waals surface area (Å²) in [5.74, 6) is -1.32. The zero-order valence-electron chi connectivity index (χ0n) is 20.3. The van der Waals surface area contributed by atoms with Crippen molar-refractivity contribution in [3.05, 3.63) is 82.4 Å². The SMILES string of the molecule is Fc1ccc(C(F)(F)F)cc1CN(Cc1cc(C(F)(F)F)cc(C(F)(F)F)c1)c1ncc(N2CCOCC2)cn1. The van der Waals surface area contributed by atoms with Gasteiger partial charge in [0.15, 0.2) is 0 Å². The molecule has 2 aromatic carbocycles. The summed E-state index contributed by atoms with van der Waals surface area (Å²) in [6.07, 6.45) is -12.4. The van der Waals surface area contributed by atoms with Crippen LogP contribution in [0, 0.1) is 5.82 Å². The minimum absolute atomic E-state index is 0.0477. The molecule has 1 saturated heterocycles. The number of hydrogen-bond donors (Lipinski definition) is 0. The van der Waals surface area contributed by atoms with Crippen molar-refractivity contribution in [2.24, 2.45) is 0 Å². The first-order chi connectivity index (χ1) is 18.6. The van der Waals surface area contributed by atoms with Gasteiger partial charge in [0.1, 0.15) is 5.82 Å². The highest BCUT2D eigenvalue weighted by molar-refractivity contribution is 5.46. The van der Waals surface area contributed by atoms with Gasteiger partial charge in [0, 0.05) is 31.7 Å². The Morgan fingerprint density at radius 3 is 1.80 bits per heavy atom. The van der Waals surface area contributed by atoms with E-state index in [1.807, 2.05) is 4.90 Å². The number of hydrogen-bond acceptors (Lipinski definition) is 5. The Balaban J connectivity index is 1.75. The van der Waals surface area contributed by atoms with Crippen molar-refractivity contribution in [3.8, 4) is 0 Å². The molecule has 0 saturated carbocycles. The lowest BCUT2D eigenvalue weighted by atomic mass is 10.0. The summed E-state index contributed by atoms with van der Waals surface area (Å²) in [5, 5.41) is 0. The lowest BCUT2D eigenvalue weighted by Crippen LogP contribution is -2.36. The molecule has 1 aromatic heterocycles. The summed E-state index contributed by atoms with van der Waals surface area (Å²) in [6.45, 7) is 0.474. The molecular formula is C25H20F10N4O. The molecule has 0 spiro atoms. The normalized spacial score (nSPS) is 14.9. The van der Waals surface area contributed by atoms with E-state index >= 15 is 0 Å². The van der Waals surface area contributed by atoms with E-state index in [4.69, 9.17) is 4.74 Å². The Morgan fingerprint density at radius 1 is 0.725 bits per heavy atom. The molecule has 0 amide bonds. The molecule has 1 fully saturated rings. The van der Waals surface area contributed by atoms with Crippen molar-refractivity contribution in [1.82, 2.24) is 9.97 Å². The lowest BCUT2D eigenvalue weighted by molar-refractivity contribution is -0.143. The maximum absolute atomic E-state index is 14.6. The number of ether oxygens (including phenoxy) is 1. The van der Waals surface area contributed by atoms with E-state index in [1.54, 1.807) is 0 Å². The second-order valence-electron chi connectivity index (χ2n) is 8.91. The Bertz CT molecular complexity index is 1280. The van der Waals surface area contributed by atoms with Crippen molar-refractivity contribution in [3.63, 3.8) is 0 Å². The maximum Gasteiger partial charge on any atom is 0.416 e. The molecule has 0 aliphatic carbocycles. The number of morpholine rings is 1. The molecule has 0 N–H and O–H groups in total. The zero-order chi connectivity index (χ0) is 29.3. The van der Waals surface area contributed by atoms with Gasteiger partial charge in [-0.1, -0.05) is 0 Å². The van der Waals surface area contributed by atoms with Crippen LogP contribution in [0.5, 0.6) is 0 Å². The van der Waals surface area contributed by atoms with Crippen LogP contribution in [0.4, 0.5) is 55.5 Å². The van der Waals surface area contributed by atoms with Crippen LogP contribution in [0.15, 0.2) is 48.8 Å². The molecule has 15 heteroatoms. The van der Waals surface area contributed by atoms with Crippen molar-refractivity contribution in [1.29, 1.82) is 0 Å². The van der Waals surface area contributed by atoms with Gasteiger partial charge in [-0.3, -0.25) is 0 Å². The van der Waals surface area contributed by atoms with Gasteiger partial charge >= 0.3 is 18.5 Å². The van der Waals surface area contributed by atoms with E-state index < -0.39 is 65.3 Å². The summed E-state index contributed by atoms with van der Waals surface area (Å²) in [4.78, 5) is 11.1. The van der Waals surface area contributed by atoms with Crippen LogP contribution in [0.1, 0.15) is 27.8 Å². The van der Waals surface area contributed by atoms with Crippen LogP contribution in [0.25, 0.3) is 0 Å². The zero-order valence-corrected chi connectivity index (χ0v) is 20.3. The topological polar surface area (TPSA) is 41.5 Å². The van der Waals surface area contributed by atoms with E-state index in [1.165, 1.54) is 12.4 Å². The number of nitrogens with zero attached hydrogens (tertiary/aromatic N) is 4. The summed E-state index contributed by atoms with van der Waals surface area (Å²) in [6, 6.07) is 2.51. The maximum atomic E-state index is 14.6. The second kappa shape index (κ2) is 11.1. The van der Waals surface area contributed by atoms with Crippen LogP contribution in [0.2, 0.25) is 0 Å². The summed E-state index contributed by atoms with van der Waals surface area (Å²) in [5.41, 5.74) is -4.81. The van der Waals surface area contributed by atoms with Crippen molar-refractivity contribution >= 4 is 11.6 Å². The number of benzene rings is 2. The molecule has 216 valence electrons. The average Bonchev–Trinajstić information content (AvgIpc) is 2.88. The Morgan fingerprint density at radius 2 is 1.27 bits per heavy atom. The van der Waals surface area contributed by atoms with E-state index in [0.29, 0.717) is 62.3 Å². The van der Waals surface area contributed by atoms with Gasteiger partial charge in [-0.05, 0) is 42.0 Å². The van der Waals surface area contributed by atoms with E-state index in [0.717, 1.165) is 4.90 Å². The van der Waals surface area contributed by atoms with Gasteiger partial charge in [-0.15, -0.1) is 0 Å². The summed E-state index contributed by atoms with van der Waals surface area (Å²) < 4.78 is 140. The third-order valence-corrected chi connectivity index (χ3v) is 6.04. The second-order valence-corrected chi connectivity index (χ2v) is 8.91. The first-order valence-corrected chi connectivity index (χ1v) is 11.6. The molecule has 2 heterocycles. The number of aromatic nitrogens is 2. The molecule has 5 nitrogen and oxygen atoms in total. The number of anilines is 2. The number of halogens is 10. The van der Waals surface area contributed by atoms with Gasteiger partial charge in [0.05, 0.1) is 48.0 Å². The third-order valence-electron chi connectivity index (χ3n) is 6.04. The fraction of sp³-hybridized carbons (Fsp3) is 0.360. The summed E-state index contributed by atoms with van der Waals surface area (Å²) >= 11 is 0. The standard InChI is InChI=1S/C25H20F10N4O/c26-21-2-1-17(23(27,28)29)9-16(21)14-39(22-36-11-20(12-37-22)38-3-5-40-6-4-38)13-15-7-18(24(30,31)32)10-19(8-15)25(33,34)35/h1-2,7-12H,3-6,13-14H2. The van der Waals surface area contributed by atoms with Crippen molar-refractivity contribution in [2.45, 2.75) is 31.6 Å². The molecule has 4 rings (SSSR count). The van der Waals surface area contributed by atoms with E-state index in [2.05, 4.69) is 9.97 Å². The lowest BCUT2D eigenvalue weighted by Gasteiger charge is -2.29. The highest BCUT2D eigenvalue weighted by Gasteiger charge is 2.37. The van der Waals surface area contributed by atoms with Gasteiger partial charge in [-0.2, -0.15) is 39.5 Å². The third kappa shape index (κ3) is 7.11. The molecule has 0 radical (unpaired) electrons. The van der Waals surface area contributed by atoms with Crippen LogP contribution >= 0.6 is 0 Å². The predicted octanol–water partition coefficient (Wildman–Crippen LogP) is 6.72. The Hall–Kier alpha value is -3.62. The summed E-state index contributed by atoms with van der Waals surface area (Å²) in [7, 11) is 0.